The summed E-state index contributed by atoms with van der Waals surface area (Å²) in [6.45, 7) is 2.99. The molecule has 1 atom stereocenters. The van der Waals surface area contributed by atoms with Crippen LogP contribution in [0.4, 0.5) is 5.69 Å². The predicted molar refractivity (Wildman–Crippen MR) is 148 cm³/mol. The SMILES string of the molecule is CCCN1C(=O)C2(C(=C(O)c3cccc(S(=O)(=O)N(C)C)c3)C(=O)C(=O)N2CCCN(C)C)c2ccccc21. The molecule has 2 aliphatic rings. The van der Waals surface area contributed by atoms with Crippen LogP contribution >= 0.6 is 0 Å². The second kappa shape index (κ2) is 10.6. The molecule has 1 spiro atoms. The van der Waals surface area contributed by atoms with Crippen LogP contribution in [0, 0.1) is 0 Å². The Bertz CT molecular complexity index is 1470. The highest BCUT2D eigenvalue weighted by Crippen LogP contribution is 2.53. The van der Waals surface area contributed by atoms with Crippen LogP contribution in [0.25, 0.3) is 5.76 Å². The predicted octanol–water partition coefficient (Wildman–Crippen LogP) is 2.22. The van der Waals surface area contributed by atoms with Crippen molar-refractivity contribution in [1.29, 1.82) is 0 Å². The van der Waals surface area contributed by atoms with Gasteiger partial charge in [0, 0.05) is 38.3 Å². The van der Waals surface area contributed by atoms with Crippen LogP contribution < -0.4 is 4.90 Å². The number of carbonyl (C=O) groups excluding carboxylic acids is 3. The summed E-state index contributed by atoms with van der Waals surface area (Å²) in [5, 5.41) is 11.6. The zero-order valence-corrected chi connectivity index (χ0v) is 23.7. The van der Waals surface area contributed by atoms with E-state index in [1.807, 2.05) is 25.9 Å². The molecule has 1 fully saturated rings. The molecule has 10 nitrogen and oxygen atoms in total. The Morgan fingerprint density at radius 3 is 2.31 bits per heavy atom. The molecule has 2 aromatic carbocycles. The van der Waals surface area contributed by atoms with Gasteiger partial charge in [-0.15, -0.1) is 0 Å². The van der Waals surface area contributed by atoms with Gasteiger partial charge in [-0.1, -0.05) is 37.3 Å². The number of ketones is 1. The van der Waals surface area contributed by atoms with Crippen LogP contribution in [0.1, 0.15) is 30.9 Å². The molecule has 2 amide bonds. The number of aliphatic hydroxyl groups is 1. The van der Waals surface area contributed by atoms with Crippen LogP contribution in [-0.2, 0) is 29.9 Å². The van der Waals surface area contributed by atoms with E-state index in [9.17, 15) is 27.9 Å². The molecule has 0 aliphatic carbocycles. The maximum absolute atomic E-state index is 14.4. The second-order valence-electron chi connectivity index (χ2n) is 10.2. The van der Waals surface area contributed by atoms with Gasteiger partial charge in [0.25, 0.3) is 17.6 Å². The molecule has 2 aliphatic heterocycles. The fourth-order valence-electron chi connectivity index (χ4n) is 5.32. The molecule has 39 heavy (non-hydrogen) atoms. The smallest absolute Gasteiger partial charge is 0.296 e. The fraction of sp³-hybridized carbons (Fsp3) is 0.393. The van der Waals surface area contributed by atoms with E-state index in [1.165, 1.54) is 43.3 Å². The summed E-state index contributed by atoms with van der Waals surface area (Å²) < 4.78 is 26.6. The first-order valence-corrected chi connectivity index (χ1v) is 14.2. The van der Waals surface area contributed by atoms with Gasteiger partial charge in [-0.3, -0.25) is 14.4 Å². The van der Waals surface area contributed by atoms with E-state index in [-0.39, 0.29) is 22.6 Å². The molecule has 2 heterocycles. The minimum atomic E-state index is -3.86. The molecular formula is C28H34N4O6S. The first-order chi connectivity index (χ1) is 18.4. The van der Waals surface area contributed by atoms with Gasteiger partial charge >= 0.3 is 0 Å². The molecule has 0 saturated carbocycles. The number of benzene rings is 2. The highest BCUT2D eigenvalue weighted by atomic mass is 32.2. The van der Waals surface area contributed by atoms with Crippen molar-refractivity contribution in [2.45, 2.75) is 30.2 Å². The van der Waals surface area contributed by atoms with Gasteiger partial charge < -0.3 is 19.8 Å². The largest absolute Gasteiger partial charge is 0.507 e. The Kier molecular flexibility index (Phi) is 7.70. The van der Waals surface area contributed by atoms with E-state index >= 15 is 0 Å². The van der Waals surface area contributed by atoms with Crippen molar-refractivity contribution in [3.8, 4) is 0 Å². The van der Waals surface area contributed by atoms with Gasteiger partial charge in [0.2, 0.25) is 10.0 Å². The average Bonchev–Trinajstić information content (AvgIpc) is 3.27. The van der Waals surface area contributed by atoms with E-state index in [1.54, 1.807) is 29.2 Å². The summed E-state index contributed by atoms with van der Waals surface area (Å²) in [7, 11) is 2.69. The van der Waals surface area contributed by atoms with Crippen LogP contribution in [0.2, 0.25) is 0 Å². The van der Waals surface area contributed by atoms with E-state index < -0.39 is 38.9 Å². The summed E-state index contributed by atoms with van der Waals surface area (Å²) >= 11 is 0. The van der Waals surface area contributed by atoms with Gasteiger partial charge in [0.05, 0.1) is 16.2 Å². The normalized spacial score (nSPS) is 20.6. The Hall–Kier alpha value is -3.54. The quantitative estimate of drug-likeness (QED) is 0.287. The monoisotopic (exact) mass is 554 g/mol. The Morgan fingerprint density at radius 1 is 0.974 bits per heavy atom. The van der Waals surface area contributed by atoms with Crippen LogP contribution in [-0.4, -0.2) is 93.1 Å². The molecule has 2 aromatic rings. The summed E-state index contributed by atoms with van der Waals surface area (Å²) in [6.07, 6.45) is 1.12. The Balaban J connectivity index is 2.01. The third-order valence-electron chi connectivity index (χ3n) is 7.13. The maximum atomic E-state index is 14.4. The van der Waals surface area contributed by atoms with E-state index in [0.717, 1.165) is 4.31 Å². The molecule has 0 bridgehead atoms. The number of rotatable bonds is 9. The topological polar surface area (TPSA) is 119 Å². The number of carbonyl (C=O) groups is 3. The Morgan fingerprint density at radius 2 is 1.67 bits per heavy atom. The maximum Gasteiger partial charge on any atom is 0.296 e. The first kappa shape index (κ1) is 28.5. The number of sulfonamides is 1. The number of nitrogens with zero attached hydrogens (tertiary/aromatic N) is 4. The molecular weight excluding hydrogens is 520 g/mol. The molecule has 1 saturated heterocycles. The second-order valence-corrected chi connectivity index (χ2v) is 12.3. The lowest BCUT2D eigenvalue weighted by Crippen LogP contribution is -2.52. The number of anilines is 1. The number of para-hydroxylation sites is 1. The summed E-state index contributed by atoms with van der Waals surface area (Å²) in [5.41, 5.74) is -1.20. The number of hydrogen-bond donors (Lipinski definition) is 1. The number of likely N-dealkylation sites (tertiary alicyclic amines) is 1. The average molecular weight is 555 g/mol. The molecule has 11 heteroatoms. The lowest BCUT2D eigenvalue weighted by molar-refractivity contribution is -0.143. The zero-order valence-electron chi connectivity index (χ0n) is 22.8. The molecule has 208 valence electrons. The molecule has 1 N–H and O–H groups in total. The molecule has 0 aromatic heterocycles. The van der Waals surface area contributed by atoms with Gasteiger partial charge in [0.15, 0.2) is 5.54 Å². The van der Waals surface area contributed by atoms with E-state index in [0.29, 0.717) is 37.2 Å². The minimum Gasteiger partial charge on any atom is -0.507 e. The van der Waals surface area contributed by atoms with Crippen molar-refractivity contribution in [3.63, 3.8) is 0 Å². The lowest BCUT2D eigenvalue weighted by Gasteiger charge is -2.34. The minimum absolute atomic E-state index is 0.0165. The van der Waals surface area contributed by atoms with Crippen molar-refractivity contribution in [2.24, 2.45) is 0 Å². The molecule has 0 radical (unpaired) electrons. The summed E-state index contributed by atoms with van der Waals surface area (Å²) in [5.74, 6) is -2.96. The fourth-order valence-corrected chi connectivity index (χ4v) is 6.26. The zero-order chi connectivity index (χ0) is 28.7. The number of amides is 2. The third-order valence-corrected chi connectivity index (χ3v) is 8.94. The van der Waals surface area contributed by atoms with E-state index in [2.05, 4.69) is 0 Å². The van der Waals surface area contributed by atoms with Gasteiger partial charge in [-0.25, -0.2) is 12.7 Å². The lowest BCUT2D eigenvalue weighted by atomic mass is 9.82. The third kappa shape index (κ3) is 4.44. The number of Topliss-reactive ketones (excluding diaryl/α,β-unsaturated/α-hetero) is 1. The van der Waals surface area contributed by atoms with Crippen LogP contribution in [0.5, 0.6) is 0 Å². The highest BCUT2D eigenvalue weighted by molar-refractivity contribution is 7.89. The summed E-state index contributed by atoms with van der Waals surface area (Å²) in [6, 6.07) is 12.5. The van der Waals surface area contributed by atoms with Crippen molar-refractivity contribution in [1.82, 2.24) is 14.1 Å². The number of hydrogen-bond acceptors (Lipinski definition) is 7. The van der Waals surface area contributed by atoms with Crippen molar-refractivity contribution < 1.29 is 27.9 Å². The number of fused-ring (bicyclic) bond motifs is 2. The van der Waals surface area contributed by atoms with E-state index in [4.69, 9.17) is 0 Å². The molecule has 1 unspecified atom stereocenters. The number of aliphatic hydroxyl groups excluding tert-OH is 1. The molecule has 4 rings (SSSR count). The summed E-state index contributed by atoms with van der Waals surface area (Å²) in [4.78, 5) is 46.3. The highest BCUT2D eigenvalue weighted by Gasteiger charge is 2.66. The Labute approximate surface area is 229 Å². The standard InChI is InChI=1S/C28H34N4O6S/c1-6-15-31-22-14-8-7-13-21(22)28(27(31)36)23(25(34)26(35)32(28)17-10-16-29(2)3)24(33)19-11-9-12-20(18-19)39(37,38)30(4)5/h7-9,11-14,18,33H,6,10,15-17H2,1-5H3. The van der Waals surface area contributed by atoms with Crippen molar-refractivity contribution in [3.05, 3.63) is 65.2 Å². The van der Waals surface area contributed by atoms with Crippen molar-refractivity contribution >= 4 is 39.1 Å². The van der Waals surface area contributed by atoms with Gasteiger partial charge in [-0.05, 0) is 51.7 Å². The van der Waals surface area contributed by atoms with Crippen molar-refractivity contribution in [2.75, 3.05) is 52.7 Å². The first-order valence-electron chi connectivity index (χ1n) is 12.8. The van der Waals surface area contributed by atoms with Gasteiger partial charge in [-0.2, -0.15) is 0 Å². The van der Waals surface area contributed by atoms with Crippen LogP contribution in [0.3, 0.4) is 0 Å². The van der Waals surface area contributed by atoms with Gasteiger partial charge in [0.1, 0.15) is 5.76 Å². The van der Waals surface area contributed by atoms with Crippen LogP contribution in [0.15, 0.2) is 59.0 Å².